The second-order valence-corrected chi connectivity index (χ2v) is 5.29. The zero-order valence-corrected chi connectivity index (χ0v) is 11.1. The maximum absolute atomic E-state index is 13.2. The molecule has 1 aromatic carbocycles. The fourth-order valence-corrected chi connectivity index (χ4v) is 2.57. The summed E-state index contributed by atoms with van der Waals surface area (Å²) in [4.78, 5) is 12.0. The molecular weight excluding hydrogens is 290 g/mol. The third-order valence-electron chi connectivity index (χ3n) is 3.78. The molecule has 1 saturated carbocycles. The Balaban J connectivity index is 2.24. The molecule has 0 aromatic heterocycles. The van der Waals surface area contributed by atoms with Crippen molar-refractivity contribution in [1.82, 2.24) is 5.32 Å². The van der Waals surface area contributed by atoms with Crippen LogP contribution in [0.5, 0.6) is 0 Å². The summed E-state index contributed by atoms with van der Waals surface area (Å²) in [5, 5.41) is 12.0. The van der Waals surface area contributed by atoms with Crippen LogP contribution in [-0.2, 0) is 6.18 Å². The van der Waals surface area contributed by atoms with Gasteiger partial charge in [0, 0.05) is 5.56 Å². The third-order valence-corrected chi connectivity index (χ3v) is 3.78. The molecule has 0 radical (unpaired) electrons. The van der Waals surface area contributed by atoms with Crippen molar-refractivity contribution in [3.05, 3.63) is 35.1 Å². The molecule has 0 aliphatic heterocycles. The SMILES string of the molecule is O=C(NC1(CO)CCCC1)c1ccc(F)c(C(F)(F)F)c1. The quantitative estimate of drug-likeness (QED) is 0.844. The molecule has 116 valence electrons. The van der Waals surface area contributed by atoms with Gasteiger partial charge in [-0.05, 0) is 31.0 Å². The summed E-state index contributed by atoms with van der Waals surface area (Å²) in [6.45, 7) is -0.272. The van der Waals surface area contributed by atoms with Gasteiger partial charge in [-0.3, -0.25) is 4.79 Å². The summed E-state index contributed by atoms with van der Waals surface area (Å²) in [6.07, 6.45) is -2.05. The van der Waals surface area contributed by atoms with E-state index in [1.54, 1.807) is 0 Å². The van der Waals surface area contributed by atoms with Crippen LogP contribution >= 0.6 is 0 Å². The van der Waals surface area contributed by atoms with Gasteiger partial charge < -0.3 is 10.4 Å². The normalized spacial score (nSPS) is 17.8. The first kappa shape index (κ1) is 15.8. The minimum Gasteiger partial charge on any atom is -0.394 e. The Morgan fingerprint density at radius 3 is 2.43 bits per heavy atom. The Kier molecular flexibility index (Phi) is 4.22. The van der Waals surface area contributed by atoms with Crippen molar-refractivity contribution in [3.8, 4) is 0 Å². The Hall–Kier alpha value is -1.63. The fourth-order valence-electron chi connectivity index (χ4n) is 2.57. The smallest absolute Gasteiger partial charge is 0.394 e. The van der Waals surface area contributed by atoms with Gasteiger partial charge in [0.1, 0.15) is 5.82 Å². The second-order valence-electron chi connectivity index (χ2n) is 5.29. The number of hydrogen-bond donors (Lipinski definition) is 2. The van der Waals surface area contributed by atoms with E-state index in [-0.39, 0.29) is 12.2 Å². The lowest BCUT2D eigenvalue weighted by atomic mass is 9.98. The molecule has 0 saturated heterocycles. The van der Waals surface area contributed by atoms with E-state index in [0.717, 1.165) is 18.9 Å². The molecule has 1 amide bonds. The first-order valence-corrected chi connectivity index (χ1v) is 6.57. The average Bonchev–Trinajstić information content (AvgIpc) is 2.87. The van der Waals surface area contributed by atoms with Crippen molar-refractivity contribution in [3.63, 3.8) is 0 Å². The molecule has 2 rings (SSSR count). The highest BCUT2D eigenvalue weighted by Gasteiger charge is 2.37. The van der Waals surface area contributed by atoms with Crippen LogP contribution in [0.3, 0.4) is 0 Å². The van der Waals surface area contributed by atoms with Crippen LogP contribution in [0.25, 0.3) is 0 Å². The minimum atomic E-state index is -4.86. The van der Waals surface area contributed by atoms with Crippen molar-refractivity contribution in [1.29, 1.82) is 0 Å². The summed E-state index contributed by atoms with van der Waals surface area (Å²) in [5.74, 6) is -2.16. The van der Waals surface area contributed by atoms with E-state index in [4.69, 9.17) is 0 Å². The first-order chi connectivity index (χ1) is 9.77. The summed E-state index contributed by atoms with van der Waals surface area (Å²) < 4.78 is 51.1. The number of amides is 1. The molecule has 0 heterocycles. The number of halogens is 4. The third kappa shape index (κ3) is 3.34. The zero-order chi connectivity index (χ0) is 15.7. The fraction of sp³-hybridized carbons (Fsp3) is 0.500. The van der Waals surface area contributed by atoms with E-state index in [9.17, 15) is 27.5 Å². The summed E-state index contributed by atoms with van der Waals surface area (Å²) in [5.41, 5.74) is -2.53. The van der Waals surface area contributed by atoms with E-state index >= 15 is 0 Å². The molecule has 7 heteroatoms. The lowest BCUT2D eigenvalue weighted by Crippen LogP contribution is -2.49. The molecule has 21 heavy (non-hydrogen) atoms. The Morgan fingerprint density at radius 1 is 1.29 bits per heavy atom. The largest absolute Gasteiger partial charge is 0.419 e. The number of nitrogens with one attached hydrogen (secondary N) is 1. The molecule has 2 N–H and O–H groups in total. The Bertz CT molecular complexity index is 536. The van der Waals surface area contributed by atoms with Crippen LogP contribution in [0.15, 0.2) is 18.2 Å². The number of aliphatic hydroxyl groups excluding tert-OH is 1. The Labute approximate surface area is 119 Å². The molecule has 1 fully saturated rings. The number of carbonyl (C=O) groups is 1. The summed E-state index contributed by atoms with van der Waals surface area (Å²) >= 11 is 0. The number of carbonyl (C=O) groups excluding carboxylic acids is 1. The highest BCUT2D eigenvalue weighted by atomic mass is 19.4. The molecule has 1 aliphatic rings. The maximum Gasteiger partial charge on any atom is 0.419 e. The number of benzene rings is 1. The highest BCUT2D eigenvalue weighted by molar-refractivity contribution is 5.95. The van der Waals surface area contributed by atoms with Crippen LogP contribution < -0.4 is 5.32 Å². The predicted octanol–water partition coefficient (Wildman–Crippen LogP) is 2.88. The van der Waals surface area contributed by atoms with Gasteiger partial charge in [-0.2, -0.15) is 13.2 Å². The van der Waals surface area contributed by atoms with Crippen molar-refractivity contribution in [2.75, 3.05) is 6.61 Å². The molecule has 0 atom stereocenters. The second kappa shape index (κ2) is 5.63. The standard InChI is InChI=1S/C14H15F4NO2/c15-11-4-3-9(7-10(11)14(16,17)18)12(21)19-13(8-20)5-1-2-6-13/h3-4,7,20H,1-2,5-6,8H2,(H,19,21). The molecule has 0 spiro atoms. The van der Waals surface area contributed by atoms with Gasteiger partial charge in [0.25, 0.3) is 5.91 Å². The van der Waals surface area contributed by atoms with Crippen LogP contribution in [0, 0.1) is 5.82 Å². The van der Waals surface area contributed by atoms with Gasteiger partial charge in [-0.15, -0.1) is 0 Å². The number of hydrogen-bond acceptors (Lipinski definition) is 2. The van der Waals surface area contributed by atoms with Gasteiger partial charge in [0.15, 0.2) is 0 Å². The topological polar surface area (TPSA) is 49.3 Å². The number of rotatable bonds is 3. The molecule has 3 nitrogen and oxygen atoms in total. The molecule has 0 unspecified atom stereocenters. The van der Waals surface area contributed by atoms with Crippen molar-refractivity contribution in [2.45, 2.75) is 37.4 Å². The van der Waals surface area contributed by atoms with Crippen molar-refractivity contribution < 1.29 is 27.5 Å². The van der Waals surface area contributed by atoms with Gasteiger partial charge >= 0.3 is 6.18 Å². The number of alkyl halides is 3. The molecular formula is C14H15F4NO2. The van der Waals surface area contributed by atoms with Crippen molar-refractivity contribution >= 4 is 5.91 Å². The summed E-state index contributed by atoms with van der Waals surface area (Å²) in [6, 6.07) is 2.11. The van der Waals surface area contributed by atoms with Gasteiger partial charge in [-0.1, -0.05) is 12.8 Å². The monoisotopic (exact) mass is 305 g/mol. The van der Waals surface area contributed by atoms with E-state index in [0.29, 0.717) is 25.0 Å². The zero-order valence-electron chi connectivity index (χ0n) is 11.1. The van der Waals surface area contributed by atoms with E-state index in [1.165, 1.54) is 0 Å². The lowest BCUT2D eigenvalue weighted by Gasteiger charge is -2.28. The Morgan fingerprint density at radius 2 is 1.90 bits per heavy atom. The van der Waals surface area contributed by atoms with Crippen LogP contribution in [0.1, 0.15) is 41.6 Å². The maximum atomic E-state index is 13.2. The minimum absolute atomic E-state index is 0.272. The highest BCUT2D eigenvalue weighted by Crippen LogP contribution is 2.33. The van der Waals surface area contributed by atoms with E-state index < -0.39 is 29.0 Å². The van der Waals surface area contributed by atoms with Crippen LogP contribution in [-0.4, -0.2) is 23.2 Å². The molecule has 0 bridgehead atoms. The van der Waals surface area contributed by atoms with Gasteiger partial charge in [0.05, 0.1) is 17.7 Å². The summed E-state index contributed by atoms with van der Waals surface area (Å²) in [7, 11) is 0. The predicted molar refractivity (Wildman–Crippen MR) is 67.2 cm³/mol. The van der Waals surface area contributed by atoms with Gasteiger partial charge in [0.2, 0.25) is 0 Å². The van der Waals surface area contributed by atoms with E-state index in [1.807, 2.05) is 0 Å². The van der Waals surface area contributed by atoms with Gasteiger partial charge in [-0.25, -0.2) is 4.39 Å². The average molecular weight is 305 g/mol. The molecule has 1 aliphatic carbocycles. The van der Waals surface area contributed by atoms with E-state index in [2.05, 4.69) is 5.32 Å². The molecule has 1 aromatic rings. The van der Waals surface area contributed by atoms with Crippen LogP contribution in [0.2, 0.25) is 0 Å². The van der Waals surface area contributed by atoms with Crippen LogP contribution in [0.4, 0.5) is 17.6 Å². The number of aliphatic hydroxyl groups is 1. The van der Waals surface area contributed by atoms with Crippen molar-refractivity contribution in [2.24, 2.45) is 0 Å². The lowest BCUT2D eigenvalue weighted by molar-refractivity contribution is -0.140. The first-order valence-electron chi connectivity index (χ1n) is 6.57.